The van der Waals surface area contributed by atoms with Gasteiger partial charge < -0.3 is 10.7 Å². The number of halogens is 3. The van der Waals surface area contributed by atoms with Crippen LogP contribution >= 0.6 is 0 Å². The van der Waals surface area contributed by atoms with Crippen LogP contribution < -0.4 is 5.73 Å². The Balaban J connectivity index is 2.05. The fraction of sp³-hybridized carbons (Fsp3) is 0.188. The second-order valence-electron chi connectivity index (χ2n) is 5.26. The summed E-state index contributed by atoms with van der Waals surface area (Å²) in [6.45, 7) is 1.97. The van der Waals surface area contributed by atoms with E-state index < -0.39 is 12.2 Å². The minimum atomic E-state index is -4.48. The van der Waals surface area contributed by atoms with E-state index in [1.807, 2.05) is 31.3 Å². The minimum absolute atomic E-state index is 0.0455. The number of fused-ring (bicyclic) bond motifs is 1. The summed E-state index contributed by atoms with van der Waals surface area (Å²) in [5.41, 5.74) is 8.68. The third kappa shape index (κ3) is 2.57. The Labute approximate surface area is 125 Å². The predicted octanol–water partition coefficient (Wildman–Crippen LogP) is 4.10. The first kappa shape index (κ1) is 14.6. The van der Waals surface area contributed by atoms with Crippen molar-refractivity contribution in [2.75, 3.05) is 0 Å². The molecule has 114 valence electrons. The van der Waals surface area contributed by atoms with Crippen molar-refractivity contribution in [1.29, 1.82) is 0 Å². The standard InChI is InChI=1S/C16H14F3N3/c1-9-6-22-14-3-2-10(5-13(9)14)11-4-12(8-21-7-11)15(20)16(17,18)19/h2-8,15,22H,20H2,1H3. The SMILES string of the molecule is Cc1c[nH]c2ccc(-c3cncc(C(N)C(F)(F)F)c3)cc12. The van der Waals surface area contributed by atoms with E-state index in [2.05, 4.69) is 9.97 Å². The van der Waals surface area contributed by atoms with E-state index in [0.29, 0.717) is 5.56 Å². The van der Waals surface area contributed by atoms with E-state index in [1.165, 1.54) is 12.3 Å². The maximum absolute atomic E-state index is 12.7. The van der Waals surface area contributed by atoms with E-state index >= 15 is 0 Å². The van der Waals surface area contributed by atoms with Gasteiger partial charge >= 0.3 is 6.18 Å². The first-order chi connectivity index (χ1) is 10.4. The number of hydrogen-bond acceptors (Lipinski definition) is 2. The number of nitrogens with one attached hydrogen (secondary N) is 1. The first-order valence-corrected chi connectivity index (χ1v) is 6.71. The van der Waals surface area contributed by atoms with E-state index in [-0.39, 0.29) is 5.56 Å². The van der Waals surface area contributed by atoms with Gasteiger partial charge in [-0.05, 0) is 41.8 Å². The van der Waals surface area contributed by atoms with Crippen molar-refractivity contribution in [1.82, 2.24) is 9.97 Å². The summed E-state index contributed by atoms with van der Waals surface area (Å²) in [5.74, 6) is 0. The summed E-state index contributed by atoms with van der Waals surface area (Å²) in [4.78, 5) is 7.03. The topological polar surface area (TPSA) is 54.7 Å². The Morgan fingerprint density at radius 2 is 1.91 bits per heavy atom. The van der Waals surface area contributed by atoms with Crippen LogP contribution in [0.1, 0.15) is 17.2 Å². The number of aromatic nitrogens is 2. The van der Waals surface area contributed by atoms with Crippen molar-refractivity contribution in [2.24, 2.45) is 5.73 Å². The molecule has 22 heavy (non-hydrogen) atoms. The maximum atomic E-state index is 12.7. The predicted molar refractivity (Wildman–Crippen MR) is 79.3 cm³/mol. The molecule has 2 aromatic heterocycles. The van der Waals surface area contributed by atoms with Crippen LogP contribution in [0.2, 0.25) is 0 Å². The third-order valence-electron chi connectivity index (χ3n) is 3.69. The van der Waals surface area contributed by atoms with Gasteiger partial charge in [-0.2, -0.15) is 13.2 Å². The van der Waals surface area contributed by atoms with Gasteiger partial charge in [0.15, 0.2) is 0 Å². The van der Waals surface area contributed by atoms with Crippen LogP contribution in [-0.2, 0) is 0 Å². The van der Waals surface area contributed by atoms with Crippen LogP contribution in [0.25, 0.3) is 22.0 Å². The Morgan fingerprint density at radius 1 is 1.14 bits per heavy atom. The molecule has 0 spiro atoms. The fourth-order valence-corrected chi connectivity index (χ4v) is 2.41. The highest BCUT2D eigenvalue weighted by atomic mass is 19.4. The number of H-pyrrole nitrogens is 1. The van der Waals surface area contributed by atoms with E-state index in [4.69, 9.17) is 5.73 Å². The summed E-state index contributed by atoms with van der Waals surface area (Å²) < 4.78 is 38.2. The van der Waals surface area contributed by atoms with Crippen LogP contribution in [0, 0.1) is 6.92 Å². The average Bonchev–Trinajstić information content (AvgIpc) is 2.87. The van der Waals surface area contributed by atoms with Crippen molar-refractivity contribution in [3.63, 3.8) is 0 Å². The highest BCUT2D eigenvalue weighted by molar-refractivity contribution is 5.87. The van der Waals surface area contributed by atoms with Gasteiger partial charge in [-0.15, -0.1) is 0 Å². The number of nitrogens with zero attached hydrogens (tertiary/aromatic N) is 1. The van der Waals surface area contributed by atoms with E-state index in [9.17, 15) is 13.2 Å². The molecule has 3 N–H and O–H groups in total. The number of aromatic amines is 1. The fourth-order valence-electron chi connectivity index (χ4n) is 2.41. The van der Waals surface area contributed by atoms with Gasteiger partial charge in [0.1, 0.15) is 6.04 Å². The lowest BCUT2D eigenvalue weighted by molar-refractivity contribution is -0.149. The maximum Gasteiger partial charge on any atom is 0.407 e. The molecule has 6 heteroatoms. The molecule has 0 aliphatic rings. The van der Waals surface area contributed by atoms with E-state index in [0.717, 1.165) is 28.2 Å². The Kier molecular flexibility index (Phi) is 3.41. The summed E-state index contributed by atoms with van der Waals surface area (Å²) in [5, 5.41) is 1.03. The largest absolute Gasteiger partial charge is 0.407 e. The summed E-state index contributed by atoms with van der Waals surface area (Å²) in [7, 11) is 0. The van der Waals surface area contributed by atoms with Gasteiger partial charge in [0.25, 0.3) is 0 Å². The molecule has 0 saturated heterocycles. The van der Waals surface area contributed by atoms with Gasteiger partial charge in [-0.1, -0.05) is 6.07 Å². The van der Waals surface area contributed by atoms with Crippen molar-refractivity contribution in [2.45, 2.75) is 19.1 Å². The van der Waals surface area contributed by atoms with Gasteiger partial charge in [0, 0.05) is 35.1 Å². The van der Waals surface area contributed by atoms with Crippen molar-refractivity contribution >= 4 is 10.9 Å². The van der Waals surface area contributed by atoms with Crippen molar-refractivity contribution < 1.29 is 13.2 Å². The Morgan fingerprint density at radius 3 is 2.64 bits per heavy atom. The average molecular weight is 305 g/mol. The van der Waals surface area contributed by atoms with Crippen LogP contribution in [0.3, 0.4) is 0 Å². The number of aryl methyl sites for hydroxylation is 1. The molecule has 0 amide bonds. The molecule has 0 bridgehead atoms. The molecule has 1 aromatic carbocycles. The van der Waals surface area contributed by atoms with Crippen molar-refractivity contribution in [3.05, 3.63) is 54.0 Å². The monoisotopic (exact) mass is 305 g/mol. The first-order valence-electron chi connectivity index (χ1n) is 6.71. The number of nitrogens with two attached hydrogens (primary N) is 1. The molecule has 1 atom stereocenters. The zero-order valence-electron chi connectivity index (χ0n) is 11.8. The molecule has 3 rings (SSSR count). The zero-order valence-corrected chi connectivity index (χ0v) is 11.8. The normalized spacial score (nSPS) is 13.5. The molecule has 0 radical (unpaired) electrons. The molecule has 3 nitrogen and oxygen atoms in total. The number of alkyl halides is 3. The van der Waals surface area contributed by atoms with Crippen molar-refractivity contribution in [3.8, 4) is 11.1 Å². The number of rotatable bonds is 2. The molecular formula is C16H14F3N3. The van der Waals surface area contributed by atoms with Crippen LogP contribution in [0.4, 0.5) is 13.2 Å². The van der Waals surface area contributed by atoms with Gasteiger partial charge in [0.05, 0.1) is 0 Å². The van der Waals surface area contributed by atoms with Crippen LogP contribution in [0.15, 0.2) is 42.9 Å². The highest BCUT2D eigenvalue weighted by Gasteiger charge is 2.38. The van der Waals surface area contributed by atoms with Gasteiger partial charge in [-0.25, -0.2) is 0 Å². The number of benzene rings is 1. The molecule has 2 heterocycles. The van der Waals surface area contributed by atoms with E-state index in [1.54, 1.807) is 0 Å². The third-order valence-corrected chi connectivity index (χ3v) is 3.69. The number of hydrogen-bond donors (Lipinski definition) is 2. The summed E-state index contributed by atoms with van der Waals surface area (Å²) in [6.07, 6.45) is 0.0989. The highest BCUT2D eigenvalue weighted by Crippen LogP contribution is 2.32. The van der Waals surface area contributed by atoms with Gasteiger partial charge in [-0.3, -0.25) is 4.98 Å². The van der Waals surface area contributed by atoms with Crippen LogP contribution in [-0.4, -0.2) is 16.1 Å². The lowest BCUT2D eigenvalue weighted by Crippen LogP contribution is -2.28. The zero-order chi connectivity index (χ0) is 15.9. The smallest absolute Gasteiger partial charge is 0.361 e. The molecule has 0 aliphatic heterocycles. The number of pyridine rings is 1. The molecule has 0 saturated carbocycles. The van der Waals surface area contributed by atoms with Crippen LogP contribution in [0.5, 0.6) is 0 Å². The molecule has 0 aliphatic carbocycles. The summed E-state index contributed by atoms with van der Waals surface area (Å²) in [6, 6.07) is 5.08. The summed E-state index contributed by atoms with van der Waals surface area (Å²) >= 11 is 0. The molecule has 0 fully saturated rings. The lowest BCUT2D eigenvalue weighted by Gasteiger charge is -2.16. The molecular weight excluding hydrogens is 291 g/mol. The second kappa shape index (κ2) is 5.14. The molecule has 3 aromatic rings. The second-order valence-corrected chi connectivity index (χ2v) is 5.26. The lowest BCUT2D eigenvalue weighted by atomic mass is 10.0. The quantitative estimate of drug-likeness (QED) is 0.749. The van der Waals surface area contributed by atoms with Gasteiger partial charge in [0.2, 0.25) is 0 Å². The molecule has 1 unspecified atom stereocenters. The Bertz CT molecular complexity index is 821. The minimum Gasteiger partial charge on any atom is -0.361 e. The Hall–Kier alpha value is -2.34.